The van der Waals surface area contributed by atoms with Crippen LogP contribution in [0.1, 0.15) is 17.4 Å². The molecule has 26 heavy (non-hydrogen) atoms. The number of carbonyl (C=O) groups is 1. The van der Waals surface area contributed by atoms with Crippen molar-refractivity contribution in [1.29, 1.82) is 0 Å². The maximum Gasteiger partial charge on any atom is 0.320 e. The van der Waals surface area contributed by atoms with Crippen molar-refractivity contribution >= 4 is 11.7 Å². The Kier molecular flexibility index (Phi) is 5.17. The largest absolute Gasteiger partial charge is 0.496 e. The molecule has 0 aliphatic carbocycles. The van der Waals surface area contributed by atoms with E-state index in [2.05, 4.69) is 15.6 Å². The van der Waals surface area contributed by atoms with Crippen LogP contribution in [-0.2, 0) is 7.05 Å². The number of aromatic nitrogens is 2. The lowest BCUT2D eigenvalue weighted by molar-refractivity contribution is 0.249. The molecule has 2 N–H and O–H groups in total. The fourth-order valence-corrected chi connectivity index (χ4v) is 2.67. The normalized spacial score (nSPS) is 11.7. The van der Waals surface area contributed by atoms with Crippen LogP contribution in [0.3, 0.4) is 0 Å². The number of para-hydroxylation sites is 1. The van der Waals surface area contributed by atoms with Gasteiger partial charge in [-0.05, 0) is 30.3 Å². The summed E-state index contributed by atoms with van der Waals surface area (Å²) in [6.45, 7) is 0. The highest BCUT2D eigenvalue weighted by atomic mass is 19.1. The number of anilines is 1. The predicted octanol–water partition coefficient (Wildman–Crippen LogP) is 3.48. The molecule has 0 aliphatic heterocycles. The van der Waals surface area contributed by atoms with E-state index in [9.17, 15) is 9.18 Å². The number of amides is 2. The summed E-state index contributed by atoms with van der Waals surface area (Å²) in [6.07, 6.45) is 3.47. The van der Waals surface area contributed by atoms with Crippen LogP contribution < -0.4 is 15.4 Å². The third kappa shape index (κ3) is 3.83. The second kappa shape index (κ2) is 7.69. The van der Waals surface area contributed by atoms with Gasteiger partial charge in [0, 0.05) is 30.7 Å². The van der Waals surface area contributed by atoms with Crippen molar-refractivity contribution < 1.29 is 13.9 Å². The topological polar surface area (TPSA) is 68.2 Å². The highest BCUT2D eigenvalue weighted by molar-refractivity contribution is 5.89. The molecule has 1 heterocycles. The Balaban J connectivity index is 1.88. The van der Waals surface area contributed by atoms with Gasteiger partial charge in [0.15, 0.2) is 0 Å². The van der Waals surface area contributed by atoms with Crippen LogP contribution in [0.25, 0.3) is 0 Å². The lowest BCUT2D eigenvalue weighted by Crippen LogP contribution is -2.34. The molecule has 0 spiro atoms. The van der Waals surface area contributed by atoms with E-state index in [1.807, 2.05) is 35.9 Å². The molecule has 1 atom stereocenters. The van der Waals surface area contributed by atoms with Gasteiger partial charge < -0.3 is 19.9 Å². The molecular weight excluding hydrogens is 335 g/mol. The van der Waals surface area contributed by atoms with Crippen LogP contribution in [-0.4, -0.2) is 22.7 Å². The average Bonchev–Trinajstić information content (AvgIpc) is 3.07. The summed E-state index contributed by atoms with van der Waals surface area (Å²) in [7, 11) is 3.43. The van der Waals surface area contributed by atoms with Gasteiger partial charge >= 0.3 is 6.03 Å². The molecule has 7 heteroatoms. The highest BCUT2D eigenvalue weighted by Crippen LogP contribution is 2.29. The second-order valence-electron chi connectivity index (χ2n) is 5.68. The molecule has 0 saturated heterocycles. The SMILES string of the molecule is COc1ccccc1[C@@H](NC(=O)Nc1ccc(F)cc1)c1nccn1C. The number of benzene rings is 2. The number of rotatable bonds is 5. The summed E-state index contributed by atoms with van der Waals surface area (Å²) >= 11 is 0. The maximum atomic E-state index is 13.0. The Morgan fingerprint density at radius 2 is 1.92 bits per heavy atom. The van der Waals surface area contributed by atoms with Crippen molar-refractivity contribution in [1.82, 2.24) is 14.9 Å². The molecule has 134 valence electrons. The summed E-state index contributed by atoms with van der Waals surface area (Å²) in [6, 6.07) is 12.0. The van der Waals surface area contributed by atoms with E-state index in [4.69, 9.17) is 4.74 Å². The van der Waals surface area contributed by atoms with Crippen LogP contribution in [0.2, 0.25) is 0 Å². The number of hydrogen-bond acceptors (Lipinski definition) is 3. The van der Waals surface area contributed by atoms with Crippen LogP contribution in [0.15, 0.2) is 60.9 Å². The molecule has 3 rings (SSSR count). The molecule has 2 amide bonds. The average molecular weight is 354 g/mol. The molecule has 0 aliphatic rings. The van der Waals surface area contributed by atoms with E-state index in [1.165, 1.54) is 24.3 Å². The van der Waals surface area contributed by atoms with Crippen LogP contribution in [0, 0.1) is 5.82 Å². The van der Waals surface area contributed by atoms with E-state index >= 15 is 0 Å². The van der Waals surface area contributed by atoms with Crippen LogP contribution >= 0.6 is 0 Å². The molecule has 1 aromatic heterocycles. The number of aryl methyl sites for hydroxylation is 1. The molecule has 2 aromatic carbocycles. The third-order valence-corrected chi connectivity index (χ3v) is 3.94. The maximum absolute atomic E-state index is 13.0. The summed E-state index contributed by atoms with van der Waals surface area (Å²) in [5.74, 6) is 0.933. The van der Waals surface area contributed by atoms with E-state index in [1.54, 1.807) is 19.5 Å². The molecular formula is C19H19FN4O2. The van der Waals surface area contributed by atoms with Gasteiger partial charge in [-0.25, -0.2) is 14.2 Å². The number of carbonyl (C=O) groups excluding carboxylic acids is 1. The van der Waals surface area contributed by atoms with Gasteiger partial charge in [-0.1, -0.05) is 18.2 Å². The molecule has 0 saturated carbocycles. The van der Waals surface area contributed by atoms with Crippen molar-refractivity contribution in [2.24, 2.45) is 7.05 Å². The first-order chi connectivity index (χ1) is 12.6. The minimum absolute atomic E-state index is 0.365. The number of nitrogens with zero attached hydrogens (tertiary/aromatic N) is 2. The Labute approximate surface area is 150 Å². The van der Waals surface area contributed by atoms with E-state index in [0.717, 1.165) is 5.56 Å². The minimum Gasteiger partial charge on any atom is -0.496 e. The van der Waals surface area contributed by atoms with Crippen molar-refractivity contribution in [3.8, 4) is 5.75 Å². The Hall–Kier alpha value is -3.35. The Bertz CT molecular complexity index is 893. The molecule has 0 unspecified atom stereocenters. The Morgan fingerprint density at radius 3 is 2.58 bits per heavy atom. The zero-order valence-electron chi connectivity index (χ0n) is 14.4. The molecule has 0 radical (unpaired) electrons. The number of hydrogen-bond donors (Lipinski definition) is 2. The number of ether oxygens (including phenoxy) is 1. The van der Waals surface area contributed by atoms with Gasteiger partial charge in [-0.15, -0.1) is 0 Å². The predicted molar refractivity (Wildman–Crippen MR) is 96.6 cm³/mol. The minimum atomic E-state index is -0.522. The third-order valence-electron chi connectivity index (χ3n) is 3.94. The van der Waals surface area contributed by atoms with Crippen molar-refractivity contribution in [2.45, 2.75) is 6.04 Å². The number of halogens is 1. The first kappa shape index (κ1) is 17.5. The fraction of sp³-hybridized carbons (Fsp3) is 0.158. The number of nitrogens with one attached hydrogen (secondary N) is 2. The van der Waals surface area contributed by atoms with Gasteiger partial charge in [-0.3, -0.25) is 0 Å². The van der Waals surface area contributed by atoms with Crippen LogP contribution in [0.4, 0.5) is 14.9 Å². The quantitative estimate of drug-likeness (QED) is 0.737. The highest BCUT2D eigenvalue weighted by Gasteiger charge is 2.23. The van der Waals surface area contributed by atoms with Gasteiger partial charge in [0.2, 0.25) is 0 Å². The zero-order chi connectivity index (χ0) is 18.5. The smallest absolute Gasteiger partial charge is 0.320 e. The second-order valence-corrected chi connectivity index (χ2v) is 5.68. The first-order valence-corrected chi connectivity index (χ1v) is 8.01. The van der Waals surface area contributed by atoms with E-state index < -0.39 is 12.1 Å². The molecule has 6 nitrogen and oxygen atoms in total. The van der Waals surface area contributed by atoms with Crippen molar-refractivity contribution in [3.63, 3.8) is 0 Å². The van der Waals surface area contributed by atoms with Gasteiger partial charge in [0.05, 0.1) is 7.11 Å². The number of urea groups is 1. The summed E-state index contributed by atoms with van der Waals surface area (Å²) in [5.41, 5.74) is 1.26. The first-order valence-electron chi connectivity index (χ1n) is 8.01. The van der Waals surface area contributed by atoms with E-state index in [0.29, 0.717) is 17.3 Å². The van der Waals surface area contributed by atoms with Crippen molar-refractivity contribution in [2.75, 3.05) is 12.4 Å². The summed E-state index contributed by atoms with van der Waals surface area (Å²) in [5, 5.41) is 5.60. The fourth-order valence-electron chi connectivity index (χ4n) is 2.67. The zero-order valence-corrected chi connectivity index (χ0v) is 14.4. The standard InChI is InChI=1S/C19H19FN4O2/c1-24-12-11-21-18(24)17(15-5-3-4-6-16(15)26-2)23-19(25)22-14-9-7-13(20)8-10-14/h3-12,17H,1-2H3,(H2,22,23,25)/t17-/m1/s1. The number of imidazole rings is 1. The van der Waals surface area contributed by atoms with Crippen molar-refractivity contribution in [3.05, 3.63) is 78.1 Å². The summed E-state index contributed by atoms with van der Waals surface area (Å²) < 4.78 is 20.3. The van der Waals surface area contributed by atoms with Gasteiger partial charge in [0.1, 0.15) is 23.4 Å². The Morgan fingerprint density at radius 1 is 1.19 bits per heavy atom. The van der Waals surface area contributed by atoms with Crippen LogP contribution in [0.5, 0.6) is 5.75 Å². The monoisotopic (exact) mass is 354 g/mol. The van der Waals surface area contributed by atoms with Gasteiger partial charge in [0.25, 0.3) is 0 Å². The summed E-state index contributed by atoms with van der Waals surface area (Å²) in [4.78, 5) is 16.8. The lowest BCUT2D eigenvalue weighted by Gasteiger charge is -2.21. The van der Waals surface area contributed by atoms with Gasteiger partial charge in [-0.2, -0.15) is 0 Å². The lowest BCUT2D eigenvalue weighted by atomic mass is 10.0. The molecule has 3 aromatic rings. The molecule has 0 fully saturated rings. The number of methoxy groups -OCH3 is 1. The molecule has 0 bridgehead atoms. The van der Waals surface area contributed by atoms with E-state index in [-0.39, 0.29) is 5.82 Å².